The summed E-state index contributed by atoms with van der Waals surface area (Å²) in [5.74, 6) is 0. The molecule has 18 heavy (non-hydrogen) atoms. The van der Waals surface area contributed by atoms with Crippen LogP contribution in [0, 0.1) is 0 Å². The largest absolute Gasteiger partial charge is 0.392 e. The zero-order valence-electron chi connectivity index (χ0n) is 9.74. The van der Waals surface area contributed by atoms with Gasteiger partial charge in [-0.15, -0.1) is 0 Å². The highest BCUT2D eigenvalue weighted by molar-refractivity contribution is 5.92. The van der Waals surface area contributed by atoms with Crippen molar-refractivity contribution >= 4 is 10.9 Å². The molecule has 0 aliphatic heterocycles. The van der Waals surface area contributed by atoms with Gasteiger partial charge in [0.15, 0.2) is 0 Å². The first-order valence-corrected chi connectivity index (χ1v) is 5.78. The van der Waals surface area contributed by atoms with Gasteiger partial charge in [-0.3, -0.25) is 9.97 Å². The van der Waals surface area contributed by atoms with E-state index in [9.17, 15) is 5.11 Å². The van der Waals surface area contributed by atoms with Crippen molar-refractivity contribution in [1.29, 1.82) is 0 Å². The highest BCUT2D eigenvalue weighted by Gasteiger charge is 2.05. The van der Waals surface area contributed by atoms with Crippen LogP contribution >= 0.6 is 0 Å². The lowest BCUT2D eigenvalue weighted by Gasteiger charge is -2.06. The summed E-state index contributed by atoms with van der Waals surface area (Å²) >= 11 is 0. The van der Waals surface area contributed by atoms with Crippen molar-refractivity contribution in [3.8, 4) is 11.3 Å². The third kappa shape index (κ3) is 1.85. The molecular formula is C15H12N2O. The number of pyridine rings is 2. The van der Waals surface area contributed by atoms with E-state index in [2.05, 4.69) is 9.97 Å². The molecule has 3 heteroatoms. The van der Waals surface area contributed by atoms with Crippen LogP contribution in [0.4, 0.5) is 0 Å². The number of nitrogens with zero attached hydrogens (tertiary/aromatic N) is 2. The lowest BCUT2D eigenvalue weighted by atomic mass is 10.0. The average Bonchev–Trinajstić information content (AvgIpc) is 2.47. The fourth-order valence-electron chi connectivity index (χ4n) is 2.05. The van der Waals surface area contributed by atoms with Gasteiger partial charge in [0.05, 0.1) is 17.8 Å². The Morgan fingerprint density at radius 1 is 0.944 bits per heavy atom. The minimum atomic E-state index is 0.0385. The summed E-state index contributed by atoms with van der Waals surface area (Å²) in [5.41, 5.74) is 3.71. The Morgan fingerprint density at radius 2 is 1.89 bits per heavy atom. The fourth-order valence-corrected chi connectivity index (χ4v) is 2.05. The van der Waals surface area contributed by atoms with E-state index in [-0.39, 0.29) is 6.61 Å². The van der Waals surface area contributed by atoms with Crippen molar-refractivity contribution in [2.75, 3.05) is 0 Å². The summed E-state index contributed by atoms with van der Waals surface area (Å²) in [6.45, 7) is 0.0385. The molecule has 3 nitrogen and oxygen atoms in total. The predicted molar refractivity (Wildman–Crippen MR) is 70.9 cm³/mol. The van der Waals surface area contributed by atoms with Crippen molar-refractivity contribution in [2.45, 2.75) is 6.61 Å². The van der Waals surface area contributed by atoms with Crippen LogP contribution in [0.25, 0.3) is 22.2 Å². The van der Waals surface area contributed by atoms with E-state index in [0.717, 1.165) is 27.7 Å². The second kappa shape index (κ2) is 4.55. The Bertz CT molecular complexity index is 689. The second-order valence-electron chi connectivity index (χ2n) is 4.09. The highest BCUT2D eigenvalue weighted by Crippen LogP contribution is 2.25. The third-order valence-electron chi connectivity index (χ3n) is 2.91. The molecule has 0 aliphatic rings. The van der Waals surface area contributed by atoms with Crippen LogP contribution in [-0.4, -0.2) is 15.1 Å². The molecule has 2 heterocycles. The van der Waals surface area contributed by atoms with E-state index in [1.807, 2.05) is 42.5 Å². The van der Waals surface area contributed by atoms with Crippen LogP contribution in [0.2, 0.25) is 0 Å². The van der Waals surface area contributed by atoms with Crippen LogP contribution in [0.5, 0.6) is 0 Å². The Balaban J connectivity index is 2.24. The van der Waals surface area contributed by atoms with Crippen molar-refractivity contribution in [3.63, 3.8) is 0 Å². The van der Waals surface area contributed by atoms with Gasteiger partial charge in [0.2, 0.25) is 0 Å². The maximum absolute atomic E-state index is 9.19. The molecule has 0 amide bonds. The van der Waals surface area contributed by atoms with E-state index < -0.39 is 0 Å². The van der Waals surface area contributed by atoms with E-state index in [1.54, 1.807) is 12.4 Å². The van der Waals surface area contributed by atoms with Gasteiger partial charge in [-0.05, 0) is 29.8 Å². The molecule has 3 rings (SSSR count). The normalized spacial score (nSPS) is 10.7. The molecule has 3 aromatic rings. The molecule has 1 N–H and O–H groups in total. The van der Waals surface area contributed by atoms with Gasteiger partial charge in [0.25, 0.3) is 0 Å². The first-order chi connectivity index (χ1) is 8.88. The number of fused-ring (bicyclic) bond motifs is 1. The molecule has 0 saturated carbocycles. The molecule has 0 atom stereocenters. The van der Waals surface area contributed by atoms with Crippen molar-refractivity contribution in [2.24, 2.45) is 0 Å². The van der Waals surface area contributed by atoms with E-state index in [4.69, 9.17) is 0 Å². The number of aliphatic hydroxyl groups is 1. The standard InChI is InChI=1S/C15H12N2O/c18-10-11-3-1-4-12(9-11)15-13-5-2-7-16-14(13)6-8-17-15/h1-9,18H,10H2. The Hall–Kier alpha value is -2.26. The van der Waals surface area contributed by atoms with Crippen molar-refractivity contribution in [3.05, 3.63) is 60.4 Å². The van der Waals surface area contributed by atoms with Gasteiger partial charge < -0.3 is 5.11 Å². The maximum Gasteiger partial charge on any atom is 0.0796 e. The molecule has 2 aromatic heterocycles. The number of aromatic nitrogens is 2. The van der Waals surface area contributed by atoms with Crippen LogP contribution in [0.1, 0.15) is 5.56 Å². The predicted octanol–water partition coefficient (Wildman–Crippen LogP) is 2.79. The summed E-state index contributed by atoms with van der Waals surface area (Å²) in [6.07, 6.45) is 3.53. The van der Waals surface area contributed by atoms with E-state index in [0.29, 0.717) is 0 Å². The van der Waals surface area contributed by atoms with Crippen LogP contribution < -0.4 is 0 Å². The third-order valence-corrected chi connectivity index (χ3v) is 2.91. The molecule has 1 aromatic carbocycles. The van der Waals surface area contributed by atoms with Gasteiger partial charge in [-0.1, -0.05) is 18.2 Å². The minimum absolute atomic E-state index is 0.0385. The molecule has 0 unspecified atom stereocenters. The second-order valence-corrected chi connectivity index (χ2v) is 4.09. The number of hydrogen-bond acceptors (Lipinski definition) is 3. The Morgan fingerprint density at radius 3 is 2.78 bits per heavy atom. The number of rotatable bonds is 2. The highest BCUT2D eigenvalue weighted by atomic mass is 16.3. The smallest absolute Gasteiger partial charge is 0.0796 e. The molecule has 0 saturated heterocycles. The molecule has 88 valence electrons. The summed E-state index contributed by atoms with van der Waals surface area (Å²) in [6, 6.07) is 13.6. The number of aliphatic hydroxyl groups excluding tert-OH is 1. The monoisotopic (exact) mass is 236 g/mol. The zero-order valence-corrected chi connectivity index (χ0v) is 9.74. The molecule has 0 fully saturated rings. The first-order valence-electron chi connectivity index (χ1n) is 5.78. The SMILES string of the molecule is OCc1cccc(-c2nccc3ncccc23)c1. The summed E-state index contributed by atoms with van der Waals surface area (Å²) in [7, 11) is 0. The first kappa shape index (κ1) is 10.9. The molecule has 0 bridgehead atoms. The average molecular weight is 236 g/mol. The van der Waals surface area contributed by atoms with Crippen LogP contribution in [0.15, 0.2) is 54.9 Å². The van der Waals surface area contributed by atoms with Gasteiger partial charge >= 0.3 is 0 Å². The van der Waals surface area contributed by atoms with E-state index in [1.165, 1.54) is 0 Å². The van der Waals surface area contributed by atoms with Gasteiger partial charge in [0, 0.05) is 23.3 Å². The lowest BCUT2D eigenvalue weighted by Crippen LogP contribution is -1.89. The Kier molecular flexibility index (Phi) is 2.74. The quantitative estimate of drug-likeness (QED) is 0.744. The fraction of sp³-hybridized carbons (Fsp3) is 0.0667. The minimum Gasteiger partial charge on any atom is -0.392 e. The number of hydrogen-bond donors (Lipinski definition) is 1. The van der Waals surface area contributed by atoms with Crippen molar-refractivity contribution < 1.29 is 5.11 Å². The topological polar surface area (TPSA) is 46.0 Å². The molecule has 0 radical (unpaired) electrons. The van der Waals surface area contributed by atoms with Gasteiger partial charge in [0.1, 0.15) is 0 Å². The van der Waals surface area contributed by atoms with Crippen molar-refractivity contribution in [1.82, 2.24) is 9.97 Å². The van der Waals surface area contributed by atoms with Crippen LogP contribution in [-0.2, 0) is 6.61 Å². The lowest BCUT2D eigenvalue weighted by molar-refractivity contribution is 0.282. The van der Waals surface area contributed by atoms with Gasteiger partial charge in [-0.25, -0.2) is 0 Å². The summed E-state index contributed by atoms with van der Waals surface area (Å²) in [4.78, 5) is 8.75. The van der Waals surface area contributed by atoms with Crippen LogP contribution in [0.3, 0.4) is 0 Å². The number of benzene rings is 1. The summed E-state index contributed by atoms with van der Waals surface area (Å²) < 4.78 is 0. The molecule has 0 aliphatic carbocycles. The zero-order chi connectivity index (χ0) is 12.4. The summed E-state index contributed by atoms with van der Waals surface area (Å²) in [5, 5.41) is 10.2. The maximum atomic E-state index is 9.19. The molecular weight excluding hydrogens is 224 g/mol. The van der Waals surface area contributed by atoms with E-state index >= 15 is 0 Å². The van der Waals surface area contributed by atoms with Gasteiger partial charge in [-0.2, -0.15) is 0 Å². The molecule has 0 spiro atoms. The Labute approximate surface area is 105 Å².